The van der Waals surface area contributed by atoms with Crippen molar-refractivity contribution in [3.63, 3.8) is 0 Å². The smallest absolute Gasteiger partial charge is 0.846 e. The summed E-state index contributed by atoms with van der Waals surface area (Å²) in [6.07, 6.45) is 1.80. The van der Waals surface area contributed by atoms with E-state index < -0.39 is 23.3 Å². The largest absolute Gasteiger partial charge is 1.00 e. The Bertz CT molecular complexity index is 842. The second-order valence-corrected chi connectivity index (χ2v) is 5.57. The number of fused-ring (bicyclic) bond motifs is 1. The number of aliphatic imine (C=N–C) groups is 1. The minimum Gasteiger partial charge on any atom is -0.846 e. The minimum atomic E-state index is -1.42. The molecule has 1 aliphatic heterocycles. The minimum absolute atomic E-state index is 0. The van der Waals surface area contributed by atoms with Crippen molar-refractivity contribution in [2.45, 2.75) is 12.8 Å². The van der Waals surface area contributed by atoms with Crippen LogP contribution in [0.4, 0.5) is 0 Å². The zero-order valence-corrected chi connectivity index (χ0v) is 15.4. The van der Waals surface area contributed by atoms with E-state index in [2.05, 4.69) is 16.9 Å². The first-order valence-electron chi connectivity index (χ1n) is 7.26. The van der Waals surface area contributed by atoms with Crippen molar-refractivity contribution in [1.29, 1.82) is 0 Å². The molecule has 2 aromatic rings. The number of carbonyl (C=O) groups is 2. The van der Waals surface area contributed by atoms with Gasteiger partial charge in [-0.15, -0.1) is 6.58 Å². The first-order chi connectivity index (χ1) is 11.1. The van der Waals surface area contributed by atoms with Crippen molar-refractivity contribution < 1.29 is 44.3 Å². The molecule has 5 nitrogen and oxygen atoms in total. The summed E-state index contributed by atoms with van der Waals surface area (Å²) in [4.78, 5) is 28.2. The van der Waals surface area contributed by atoms with Gasteiger partial charge in [-0.25, -0.2) is 4.99 Å². The van der Waals surface area contributed by atoms with Crippen LogP contribution in [0.5, 0.6) is 0 Å². The van der Waals surface area contributed by atoms with Crippen LogP contribution in [0.2, 0.25) is 0 Å². The fraction of sp³-hybridized carbons (Fsp3) is 0.167. The maximum Gasteiger partial charge on any atom is 1.00 e. The zero-order valence-electron chi connectivity index (χ0n) is 13.4. The number of benzene rings is 2. The summed E-state index contributed by atoms with van der Waals surface area (Å²) >= 11 is 0. The molecular weight excluding hydrogens is 315 g/mol. The van der Waals surface area contributed by atoms with Crippen molar-refractivity contribution in [3.8, 4) is 0 Å². The molecule has 1 N–H and O–H groups in total. The standard InChI is InChI=1S/C18H16N2O3.Na/c1-2-10-18(15(21)19-17(23)20-16(18)22)11-13-8-5-7-12-6-3-4-9-14(12)13;/h2-9H,1,10-11H2,(H2,19,20,21,22,23);/q;+1/p-1. The van der Waals surface area contributed by atoms with E-state index in [4.69, 9.17) is 0 Å². The first-order valence-corrected chi connectivity index (χ1v) is 7.26. The molecule has 0 fully saturated rings. The monoisotopic (exact) mass is 330 g/mol. The van der Waals surface area contributed by atoms with Gasteiger partial charge in [-0.3, -0.25) is 9.59 Å². The van der Waals surface area contributed by atoms with E-state index in [1.54, 1.807) is 0 Å². The van der Waals surface area contributed by atoms with Gasteiger partial charge >= 0.3 is 29.6 Å². The van der Waals surface area contributed by atoms with Crippen molar-refractivity contribution in [2.24, 2.45) is 10.4 Å². The van der Waals surface area contributed by atoms with Gasteiger partial charge in [0.15, 0.2) is 0 Å². The SMILES string of the molecule is C=CCC1(Cc2cccc3ccccc23)C(=O)N=C([O-])NC1=O.[Na+]. The van der Waals surface area contributed by atoms with Gasteiger partial charge in [0.2, 0.25) is 5.91 Å². The average molecular weight is 330 g/mol. The normalized spacial score (nSPS) is 20.1. The molecule has 0 aliphatic carbocycles. The van der Waals surface area contributed by atoms with E-state index in [9.17, 15) is 14.7 Å². The molecule has 0 saturated heterocycles. The average Bonchev–Trinajstić information content (AvgIpc) is 2.53. The summed E-state index contributed by atoms with van der Waals surface area (Å²) < 4.78 is 0. The number of allylic oxidation sites excluding steroid dienone is 1. The van der Waals surface area contributed by atoms with Crippen molar-refractivity contribution >= 4 is 28.6 Å². The van der Waals surface area contributed by atoms with E-state index in [0.717, 1.165) is 16.3 Å². The maximum absolute atomic E-state index is 12.4. The van der Waals surface area contributed by atoms with E-state index in [0.29, 0.717) is 0 Å². The summed E-state index contributed by atoms with van der Waals surface area (Å²) in [5, 5.41) is 15.4. The number of carbonyl (C=O) groups excluding carboxylic acids is 2. The number of nitrogens with one attached hydrogen (secondary N) is 1. The van der Waals surface area contributed by atoms with E-state index >= 15 is 0 Å². The van der Waals surface area contributed by atoms with E-state index in [1.807, 2.05) is 42.5 Å². The molecule has 6 heteroatoms. The van der Waals surface area contributed by atoms with Gasteiger partial charge in [-0.2, -0.15) is 0 Å². The topological polar surface area (TPSA) is 81.6 Å². The van der Waals surface area contributed by atoms with Crippen LogP contribution < -0.4 is 40.0 Å². The molecule has 3 rings (SSSR count). The van der Waals surface area contributed by atoms with Gasteiger partial charge < -0.3 is 10.4 Å². The molecule has 1 unspecified atom stereocenters. The molecule has 0 bridgehead atoms. The third-order valence-electron chi connectivity index (χ3n) is 4.13. The van der Waals surface area contributed by atoms with Gasteiger partial charge in [0.05, 0.1) is 6.02 Å². The number of nitrogens with zero attached hydrogens (tertiary/aromatic N) is 1. The Morgan fingerprint density at radius 3 is 2.58 bits per heavy atom. The molecular formula is C18H15N2NaO3. The molecule has 1 aliphatic rings. The third kappa shape index (κ3) is 3.15. The van der Waals surface area contributed by atoms with Gasteiger partial charge in [-0.05, 0) is 29.2 Å². The van der Waals surface area contributed by atoms with Gasteiger partial charge in [0, 0.05) is 0 Å². The number of hydrogen-bond acceptors (Lipinski definition) is 3. The van der Waals surface area contributed by atoms with Gasteiger partial charge in [0.1, 0.15) is 5.41 Å². The molecule has 2 amide bonds. The fourth-order valence-electron chi connectivity index (χ4n) is 2.97. The maximum atomic E-state index is 12.4. The number of amidine groups is 1. The van der Waals surface area contributed by atoms with E-state index in [1.165, 1.54) is 6.08 Å². The quantitative estimate of drug-likeness (QED) is 0.413. The summed E-state index contributed by atoms with van der Waals surface area (Å²) in [6.45, 7) is 3.63. The number of rotatable bonds is 4. The van der Waals surface area contributed by atoms with Crippen molar-refractivity contribution in [1.82, 2.24) is 5.32 Å². The zero-order chi connectivity index (χ0) is 16.4. The summed E-state index contributed by atoms with van der Waals surface area (Å²) in [6, 6.07) is 12.6. The summed E-state index contributed by atoms with van der Waals surface area (Å²) in [5.74, 6) is -1.32. The Balaban J connectivity index is 0.00000208. The Morgan fingerprint density at radius 1 is 1.17 bits per heavy atom. The predicted molar refractivity (Wildman–Crippen MR) is 85.5 cm³/mol. The number of hydrogen-bond donors (Lipinski definition) is 1. The molecule has 0 spiro atoms. The van der Waals surface area contributed by atoms with Crippen LogP contribution in [0.25, 0.3) is 10.8 Å². The molecule has 116 valence electrons. The molecule has 0 saturated carbocycles. The molecule has 1 atom stereocenters. The van der Waals surface area contributed by atoms with Crippen LogP contribution in [0.15, 0.2) is 60.1 Å². The Kier molecular flexibility index (Phi) is 5.59. The molecule has 0 radical (unpaired) electrons. The van der Waals surface area contributed by atoms with Crippen LogP contribution in [0, 0.1) is 5.41 Å². The van der Waals surface area contributed by atoms with Crippen LogP contribution in [0.1, 0.15) is 12.0 Å². The third-order valence-corrected chi connectivity index (χ3v) is 4.13. The Morgan fingerprint density at radius 2 is 1.88 bits per heavy atom. The van der Waals surface area contributed by atoms with Crippen LogP contribution in [-0.2, 0) is 16.0 Å². The number of amides is 2. The van der Waals surface area contributed by atoms with Crippen molar-refractivity contribution in [2.75, 3.05) is 0 Å². The van der Waals surface area contributed by atoms with Crippen molar-refractivity contribution in [3.05, 3.63) is 60.7 Å². The first kappa shape index (κ1) is 18.4. The molecule has 24 heavy (non-hydrogen) atoms. The second kappa shape index (κ2) is 7.30. The second-order valence-electron chi connectivity index (χ2n) is 5.57. The van der Waals surface area contributed by atoms with Gasteiger partial charge in [0.25, 0.3) is 5.91 Å². The van der Waals surface area contributed by atoms with Crippen LogP contribution in [-0.4, -0.2) is 17.8 Å². The van der Waals surface area contributed by atoms with Crippen LogP contribution >= 0.6 is 0 Å². The van der Waals surface area contributed by atoms with Crippen LogP contribution in [0.3, 0.4) is 0 Å². The fourth-order valence-corrected chi connectivity index (χ4v) is 2.97. The Labute approximate surface area is 161 Å². The molecule has 1 heterocycles. The van der Waals surface area contributed by atoms with E-state index in [-0.39, 0.29) is 42.4 Å². The summed E-state index contributed by atoms with van der Waals surface area (Å²) in [7, 11) is 0. The molecule has 2 aromatic carbocycles. The molecule has 0 aromatic heterocycles. The Hall–Kier alpha value is -1.95. The van der Waals surface area contributed by atoms with Gasteiger partial charge in [-0.1, -0.05) is 48.5 Å². The predicted octanol–water partition coefficient (Wildman–Crippen LogP) is -1.68. The summed E-state index contributed by atoms with van der Waals surface area (Å²) in [5.41, 5.74) is -0.558.